The van der Waals surface area contributed by atoms with Crippen LogP contribution >= 0.6 is 0 Å². The third-order valence-electron chi connectivity index (χ3n) is 5.80. The zero-order valence-corrected chi connectivity index (χ0v) is 19.7. The highest BCUT2D eigenvalue weighted by Crippen LogP contribution is 2.34. The Morgan fingerprint density at radius 1 is 1.12 bits per heavy atom. The van der Waals surface area contributed by atoms with Gasteiger partial charge in [0.25, 0.3) is 5.91 Å². The molecule has 34 heavy (non-hydrogen) atoms. The number of carbonyl (C=O) groups excluding carboxylic acids is 1. The van der Waals surface area contributed by atoms with E-state index in [1.54, 1.807) is 6.20 Å². The Hall–Kier alpha value is -3.58. The molecule has 7 nitrogen and oxygen atoms in total. The van der Waals surface area contributed by atoms with Crippen molar-refractivity contribution in [3.63, 3.8) is 0 Å². The van der Waals surface area contributed by atoms with E-state index in [9.17, 15) is 4.79 Å². The molecule has 0 bridgehead atoms. The molecular weight excluding hydrogens is 430 g/mol. The average Bonchev–Trinajstić information content (AvgIpc) is 3.55. The van der Waals surface area contributed by atoms with Gasteiger partial charge in [0.1, 0.15) is 35.2 Å². The maximum absolute atomic E-state index is 12.6. The molecule has 0 saturated heterocycles. The molecule has 0 radical (unpaired) electrons. The number of nitrogens with zero attached hydrogens (tertiary/aromatic N) is 1. The summed E-state index contributed by atoms with van der Waals surface area (Å²) in [6.07, 6.45) is 3.81. The van der Waals surface area contributed by atoms with Gasteiger partial charge >= 0.3 is 0 Å². The minimum absolute atomic E-state index is 0.0782. The second-order valence-electron chi connectivity index (χ2n) is 8.99. The van der Waals surface area contributed by atoms with Gasteiger partial charge in [-0.15, -0.1) is 0 Å². The first-order chi connectivity index (χ1) is 16.5. The largest absolute Gasteiger partial charge is 0.492 e. The minimum Gasteiger partial charge on any atom is -0.492 e. The van der Waals surface area contributed by atoms with E-state index in [4.69, 9.17) is 13.9 Å². The fourth-order valence-corrected chi connectivity index (χ4v) is 3.95. The molecule has 0 unspecified atom stereocenters. The van der Waals surface area contributed by atoms with Gasteiger partial charge in [-0.2, -0.15) is 0 Å². The highest BCUT2D eigenvalue weighted by Gasteiger charge is 2.27. The summed E-state index contributed by atoms with van der Waals surface area (Å²) < 4.78 is 17.9. The third kappa shape index (κ3) is 4.84. The topological polar surface area (TPSA) is 85.6 Å². The molecule has 2 heterocycles. The number of ether oxygens (including phenoxy) is 2. The quantitative estimate of drug-likeness (QED) is 0.328. The van der Waals surface area contributed by atoms with Gasteiger partial charge in [0.2, 0.25) is 0 Å². The van der Waals surface area contributed by atoms with E-state index in [1.807, 2.05) is 49.4 Å². The van der Waals surface area contributed by atoms with Gasteiger partial charge in [0, 0.05) is 47.7 Å². The van der Waals surface area contributed by atoms with Gasteiger partial charge in [-0.05, 0) is 50.1 Å². The van der Waals surface area contributed by atoms with Crippen molar-refractivity contribution < 1.29 is 18.7 Å². The lowest BCUT2D eigenvalue weighted by atomic mass is 10.1. The first-order valence-electron chi connectivity index (χ1n) is 11.7. The van der Waals surface area contributed by atoms with Crippen LogP contribution in [0.4, 0.5) is 0 Å². The van der Waals surface area contributed by atoms with Crippen molar-refractivity contribution in [1.82, 2.24) is 15.6 Å². The molecule has 2 aromatic carbocycles. The molecule has 7 heteroatoms. The van der Waals surface area contributed by atoms with Crippen molar-refractivity contribution in [3.05, 3.63) is 60.0 Å². The van der Waals surface area contributed by atoms with Crippen LogP contribution in [0.15, 0.2) is 53.1 Å². The first kappa shape index (κ1) is 22.2. The van der Waals surface area contributed by atoms with Gasteiger partial charge in [0.15, 0.2) is 0 Å². The molecular formula is C27H29N3O4. The van der Waals surface area contributed by atoms with Crippen LogP contribution in [0.25, 0.3) is 21.9 Å². The lowest BCUT2D eigenvalue weighted by molar-refractivity contribution is 0.0951. The molecule has 1 saturated carbocycles. The fraction of sp³-hybridized carbons (Fsp3) is 0.333. The maximum Gasteiger partial charge on any atom is 0.255 e. The normalized spacial score (nSPS) is 13.5. The number of aryl methyl sites for hydroxylation is 1. The standard InChI is InChI=1S/C27H29N3O4/c1-16(2)28-12-13-32-19-6-8-21-23(14-19)29-11-10-24(21)34-20-7-9-22-25(15-20)33-17(3)26(22)27(31)30-18-4-5-18/h6-11,14-16,18,28H,4-5,12-13H2,1-3H3,(H,30,31). The molecule has 0 atom stereocenters. The second kappa shape index (κ2) is 9.35. The summed E-state index contributed by atoms with van der Waals surface area (Å²) in [5.41, 5.74) is 2.01. The number of rotatable bonds is 9. The lowest BCUT2D eigenvalue weighted by Gasteiger charge is -2.12. The zero-order chi connectivity index (χ0) is 23.7. The summed E-state index contributed by atoms with van der Waals surface area (Å²) in [4.78, 5) is 17.1. The lowest BCUT2D eigenvalue weighted by Crippen LogP contribution is -2.27. The molecule has 4 aromatic rings. The Morgan fingerprint density at radius 3 is 2.71 bits per heavy atom. The number of aromatic nitrogens is 1. The van der Waals surface area contributed by atoms with Crippen molar-refractivity contribution in [1.29, 1.82) is 0 Å². The van der Waals surface area contributed by atoms with Crippen LogP contribution in [0.3, 0.4) is 0 Å². The van der Waals surface area contributed by atoms with E-state index in [1.165, 1.54) is 0 Å². The summed E-state index contributed by atoms with van der Waals surface area (Å²) >= 11 is 0. The molecule has 0 aliphatic heterocycles. The van der Waals surface area contributed by atoms with Crippen molar-refractivity contribution in [3.8, 4) is 17.2 Å². The minimum atomic E-state index is -0.0782. The van der Waals surface area contributed by atoms with Crippen LogP contribution in [0.2, 0.25) is 0 Å². The van der Waals surface area contributed by atoms with Crippen molar-refractivity contribution in [2.24, 2.45) is 0 Å². The van der Waals surface area contributed by atoms with E-state index in [0.717, 1.165) is 41.4 Å². The summed E-state index contributed by atoms with van der Waals surface area (Å²) in [6.45, 7) is 7.40. The molecule has 1 aliphatic rings. The summed E-state index contributed by atoms with van der Waals surface area (Å²) in [7, 11) is 0. The van der Waals surface area contributed by atoms with Crippen LogP contribution < -0.4 is 20.1 Å². The zero-order valence-electron chi connectivity index (χ0n) is 19.7. The predicted octanol–water partition coefficient (Wildman–Crippen LogP) is 5.35. The third-order valence-corrected chi connectivity index (χ3v) is 5.80. The SMILES string of the molecule is Cc1oc2cc(Oc3ccnc4cc(OCCNC(C)C)ccc34)ccc2c1C(=O)NC1CC1. The summed E-state index contributed by atoms with van der Waals surface area (Å²) in [5.74, 6) is 2.61. The smallest absolute Gasteiger partial charge is 0.255 e. The maximum atomic E-state index is 12.6. The highest BCUT2D eigenvalue weighted by atomic mass is 16.5. The van der Waals surface area contributed by atoms with E-state index < -0.39 is 0 Å². The Labute approximate surface area is 198 Å². The average molecular weight is 460 g/mol. The molecule has 1 aliphatic carbocycles. The highest BCUT2D eigenvalue weighted by molar-refractivity contribution is 6.07. The molecule has 2 aromatic heterocycles. The number of furan rings is 1. The van der Waals surface area contributed by atoms with Crippen LogP contribution in [-0.4, -0.2) is 36.1 Å². The molecule has 5 rings (SSSR count). The number of amides is 1. The Balaban J connectivity index is 1.35. The molecule has 176 valence electrons. The van der Waals surface area contributed by atoms with E-state index in [2.05, 4.69) is 29.5 Å². The number of benzene rings is 2. The Bertz CT molecular complexity index is 1340. The number of hydrogen-bond acceptors (Lipinski definition) is 6. The van der Waals surface area contributed by atoms with Crippen molar-refractivity contribution in [2.75, 3.05) is 13.2 Å². The van der Waals surface area contributed by atoms with E-state index in [-0.39, 0.29) is 5.91 Å². The Morgan fingerprint density at radius 2 is 1.91 bits per heavy atom. The van der Waals surface area contributed by atoms with Crippen molar-refractivity contribution >= 4 is 27.8 Å². The number of hydrogen-bond donors (Lipinski definition) is 2. The van der Waals surface area contributed by atoms with Crippen LogP contribution in [0.5, 0.6) is 17.2 Å². The number of pyridine rings is 1. The van der Waals surface area contributed by atoms with Gasteiger partial charge < -0.3 is 24.5 Å². The van der Waals surface area contributed by atoms with Gasteiger partial charge in [0.05, 0.1) is 11.1 Å². The predicted molar refractivity (Wildman–Crippen MR) is 132 cm³/mol. The molecule has 1 fully saturated rings. The molecule has 1 amide bonds. The van der Waals surface area contributed by atoms with Crippen LogP contribution in [-0.2, 0) is 0 Å². The number of carbonyl (C=O) groups is 1. The van der Waals surface area contributed by atoms with Crippen LogP contribution in [0.1, 0.15) is 42.8 Å². The van der Waals surface area contributed by atoms with E-state index in [0.29, 0.717) is 47.1 Å². The monoisotopic (exact) mass is 459 g/mol. The number of nitrogens with one attached hydrogen (secondary N) is 2. The Kier molecular flexibility index (Phi) is 6.11. The van der Waals surface area contributed by atoms with Crippen LogP contribution in [0, 0.1) is 6.92 Å². The van der Waals surface area contributed by atoms with E-state index >= 15 is 0 Å². The van der Waals surface area contributed by atoms with Gasteiger partial charge in [-0.25, -0.2) is 0 Å². The molecule has 2 N–H and O–H groups in total. The van der Waals surface area contributed by atoms with Crippen molar-refractivity contribution in [2.45, 2.75) is 45.7 Å². The second-order valence-corrected chi connectivity index (χ2v) is 8.99. The number of fused-ring (bicyclic) bond motifs is 2. The van der Waals surface area contributed by atoms with Gasteiger partial charge in [-0.3, -0.25) is 9.78 Å². The fourth-order valence-electron chi connectivity index (χ4n) is 3.95. The molecule has 0 spiro atoms. The first-order valence-corrected chi connectivity index (χ1v) is 11.7. The van der Waals surface area contributed by atoms with Gasteiger partial charge in [-0.1, -0.05) is 13.8 Å². The summed E-state index contributed by atoms with van der Waals surface area (Å²) in [5, 5.41) is 8.04. The summed E-state index contributed by atoms with van der Waals surface area (Å²) in [6, 6.07) is 13.9.